The fraction of sp³-hybridized carbons (Fsp3) is 0.462. The van der Waals surface area contributed by atoms with Crippen molar-refractivity contribution in [1.82, 2.24) is 10.2 Å². The molecule has 1 atom stereocenters. The van der Waals surface area contributed by atoms with Crippen LogP contribution in [0.25, 0.3) is 0 Å². The predicted octanol–water partition coefficient (Wildman–Crippen LogP) is 3.23. The molecule has 1 N–H and O–H groups in total. The van der Waals surface area contributed by atoms with E-state index >= 15 is 0 Å². The first-order valence-corrected chi connectivity index (χ1v) is 13.5. The molecule has 2 aromatic carbocycles. The van der Waals surface area contributed by atoms with Crippen molar-refractivity contribution in [3.05, 3.63) is 60.2 Å². The van der Waals surface area contributed by atoms with E-state index < -0.39 is 34.1 Å². The van der Waals surface area contributed by atoms with E-state index in [9.17, 15) is 18.0 Å². The van der Waals surface area contributed by atoms with Crippen molar-refractivity contribution in [2.75, 3.05) is 30.8 Å². The van der Waals surface area contributed by atoms with E-state index in [0.29, 0.717) is 24.3 Å². The summed E-state index contributed by atoms with van der Waals surface area (Å²) in [6.07, 6.45) is 1.99. The fourth-order valence-corrected chi connectivity index (χ4v) is 4.56. The van der Waals surface area contributed by atoms with E-state index in [0.717, 1.165) is 16.1 Å². The molecule has 0 unspecified atom stereocenters. The van der Waals surface area contributed by atoms with Crippen LogP contribution in [-0.2, 0) is 26.0 Å². The maximum Gasteiger partial charge on any atom is 0.244 e. The number of nitrogens with one attached hydrogen (secondary N) is 1. The lowest BCUT2D eigenvalue weighted by Crippen LogP contribution is -2.56. The molecule has 0 heterocycles. The lowest BCUT2D eigenvalue weighted by Gasteiger charge is -2.34. The Morgan fingerprint density at radius 1 is 1.03 bits per heavy atom. The maximum atomic E-state index is 13.6. The van der Waals surface area contributed by atoms with Crippen molar-refractivity contribution in [3.8, 4) is 5.75 Å². The lowest BCUT2D eigenvalue weighted by molar-refractivity contribution is -0.140. The van der Waals surface area contributed by atoms with E-state index in [1.165, 1.54) is 12.0 Å². The molecule has 0 aromatic heterocycles. The summed E-state index contributed by atoms with van der Waals surface area (Å²) < 4.78 is 31.5. The molecule has 0 aliphatic heterocycles. The van der Waals surface area contributed by atoms with Crippen LogP contribution in [0.5, 0.6) is 5.75 Å². The van der Waals surface area contributed by atoms with Crippen LogP contribution < -0.4 is 14.4 Å². The molecule has 2 amide bonds. The van der Waals surface area contributed by atoms with Crippen molar-refractivity contribution in [2.45, 2.75) is 52.1 Å². The van der Waals surface area contributed by atoms with Crippen LogP contribution in [0.3, 0.4) is 0 Å². The van der Waals surface area contributed by atoms with Gasteiger partial charge < -0.3 is 15.0 Å². The highest BCUT2D eigenvalue weighted by atomic mass is 32.2. The highest BCUT2D eigenvalue weighted by molar-refractivity contribution is 7.92. The zero-order valence-corrected chi connectivity index (χ0v) is 22.3. The standard InChI is InChI=1S/C26H37N3O5S/c1-7-23(25(31)27-26(2,3)4)28(18-17-20-11-9-8-10-12-20)24(30)19-29(35(6,32)33)21-13-15-22(34-5)16-14-21/h8-16,23H,7,17-19H2,1-6H3,(H,27,31)/t23-/m1/s1. The number of benzene rings is 2. The van der Waals surface area contributed by atoms with Crippen LogP contribution in [0.2, 0.25) is 0 Å². The van der Waals surface area contributed by atoms with Crippen LogP contribution in [0.1, 0.15) is 39.7 Å². The number of anilines is 1. The second-order valence-electron chi connectivity index (χ2n) is 9.45. The number of methoxy groups -OCH3 is 1. The molecule has 0 saturated carbocycles. The van der Waals surface area contributed by atoms with Gasteiger partial charge in [-0.25, -0.2) is 8.42 Å². The van der Waals surface area contributed by atoms with Gasteiger partial charge in [-0.15, -0.1) is 0 Å². The molecule has 0 spiro atoms. The first kappa shape index (κ1) is 28.2. The van der Waals surface area contributed by atoms with E-state index in [1.807, 2.05) is 58.0 Å². The molecule has 0 aliphatic rings. The van der Waals surface area contributed by atoms with Gasteiger partial charge in [-0.3, -0.25) is 13.9 Å². The van der Waals surface area contributed by atoms with Gasteiger partial charge in [0.05, 0.1) is 19.1 Å². The molecule has 8 nitrogen and oxygen atoms in total. The summed E-state index contributed by atoms with van der Waals surface area (Å²) in [6.45, 7) is 7.33. The van der Waals surface area contributed by atoms with Gasteiger partial charge in [-0.2, -0.15) is 0 Å². The summed E-state index contributed by atoms with van der Waals surface area (Å²) in [5, 5.41) is 2.95. The lowest BCUT2D eigenvalue weighted by atomic mass is 10.1. The van der Waals surface area contributed by atoms with E-state index in [-0.39, 0.29) is 12.5 Å². The van der Waals surface area contributed by atoms with E-state index in [2.05, 4.69) is 5.32 Å². The van der Waals surface area contributed by atoms with Crippen LogP contribution in [0.4, 0.5) is 5.69 Å². The maximum absolute atomic E-state index is 13.6. The van der Waals surface area contributed by atoms with Crippen molar-refractivity contribution in [2.24, 2.45) is 0 Å². The molecule has 0 fully saturated rings. The molecule has 0 bridgehead atoms. The Bertz CT molecular complexity index is 1080. The third kappa shape index (κ3) is 8.58. The second kappa shape index (κ2) is 12.1. The Hall–Kier alpha value is -3.07. The van der Waals surface area contributed by atoms with E-state index in [4.69, 9.17) is 4.74 Å². The first-order chi connectivity index (χ1) is 16.4. The zero-order chi connectivity index (χ0) is 26.2. The summed E-state index contributed by atoms with van der Waals surface area (Å²) in [5.41, 5.74) is 0.893. The molecule has 0 aliphatic carbocycles. The van der Waals surface area contributed by atoms with Crippen LogP contribution in [-0.4, -0.2) is 63.2 Å². The van der Waals surface area contributed by atoms with Crippen molar-refractivity contribution in [1.29, 1.82) is 0 Å². The van der Waals surface area contributed by atoms with Gasteiger partial charge in [-0.1, -0.05) is 37.3 Å². The summed E-state index contributed by atoms with van der Waals surface area (Å²) in [4.78, 5) is 28.2. The minimum atomic E-state index is -3.77. The minimum Gasteiger partial charge on any atom is -0.497 e. The monoisotopic (exact) mass is 503 g/mol. The summed E-state index contributed by atoms with van der Waals surface area (Å²) >= 11 is 0. The minimum absolute atomic E-state index is 0.267. The number of rotatable bonds is 11. The quantitative estimate of drug-likeness (QED) is 0.508. The van der Waals surface area contributed by atoms with Crippen molar-refractivity contribution < 1.29 is 22.7 Å². The zero-order valence-electron chi connectivity index (χ0n) is 21.4. The Balaban J connectivity index is 2.37. The molecule has 35 heavy (non-hydrogen) atoms. The number of ether oxygens (including phenoxy) is 1. The molecule has 2 rings (SSSR count). The molecular weight excluding hydrogens is 466 g/mol. The second-order valence-corrected chi connectivity index (χ2v) is 11.4. The van der Waals surface area contributed by atoms with Gasteiger partial charge in [0.15, 0.2) is 0 Å². The Morgan fingerprint density at radius 2 is 1.63 bits per heavy atom. The Kier molecular flexibility index (Phi) is 9.71. The van der Waals surface area contributed by atoms with Crippen molar-refractivity contribution >= 4 is 27.5 Å². The molecule has 0 saturated heterocycles. The number of sulfonamides is 1. The number of carbonyl (C=O) groups excluding carboxylic acids is 2. The number of hydrogen-bond donors (Lipinski definition) is 1. The average Bonchev–Trinajstić information content (AvgIpc) is 2.78. The topological polar surface area (TPSA) is 96.0 Å². The van der Waals surface area contributed by atoms with Crippen LogP contribution in [0.15, 0.2) is 54.6 Å². The Morgan fingerprint density at radius 3 is 2.11 bits per heavy atom. The normalized spacial score (nSPS) is 12.5. The summed E-state index contributed by atoms with van der Waals surface area (Å²) in [7, 11) is -2.25. The van der Waals surface area contributed by atoms with Gasteiger partial charge in [0.1, 0.15) is 18.3 Å². The van der Waals surface area contributed by atoms with Crippen LogP contribution >= 0.6 is 0 Å². The number of amides is 2. The van der Waals surface area contributed by atoms with Gasteiger partial charge >= 0.3 is 0 Å². The van der Waals surface area contributed by atoms with Gasteiger partial charge in [0.25, 0.3) is 0 Å². The third-order valence-corrected chi connectivity index (χ3v) is 6.55. The number of carbonyl (C=O) groups is 2. The molecule has 0 radical (unpaired) electrons. The smallest absolute Gasteiger partial charge is 0.244 e. The molecule has 192 valence electrons. The molecule has 9 heteroatoms. The SMILES string of the molecule is CC[C@H](C(=O)NC(C)(C)C)N(CCc1ccccc1)C(=O)CN(c1ccc(OC)cc1)S(C)(=O)=O. The van der Waals surface area contributed by atoms with Crippen LogP contribution in [0, 0.1) is 0 Å². The number of nitrogens with zero attached hydrogens (tertiary/aromatic N) is 2. The number of hydrogen-bond acceptors (Lipinski definition) is 5. The summed E-state index contributed by atoms with van der Waals surface area (Å²) in [6, 6.07) is 15.4. The predicted molar refractivity (Wildman–Crippen MR) is 139 cm³/mol. The third-order valence-electron chi connectivity index (χ3n) is 5.41. The van der Waals surface area contributed by atoms with E-state index in [1.54, 1.807) is 24.3 Å². The highest BCUT2D eigenvalue weighted by Crippen LogP contribution is 2.22. The fourth-order valence-electron chi connectivity index (χ4n) is 3.71. The summed E-state index contributed by atoms with van der Waals surface area (Å²) in [5.74, 6) is -0.141. The Labute approximate surface area is 209 Å². The first-order valence-electron chi connectivity index (χ1n) is 11.6. The van der Waals surface area contributed by atoms with Gasteiger partial charge in [0.2, 0.25) is 21.8 Å². The van der Waals surface area contributed by atoms with Crippen molar-refractivity contribution in [3.63, 3.8) is 0 Å². The van der Waals surface area contributed by atoms with Gasteiger partial charge in [-0.05, 0) is 63.4 Å². The van der Waals surface area contributed by atoms with Gasteiger partial charge in [0, 0.05) is 12.1 Å². The molecular formula is C26H37N3O5S. The molecule has 2 aromatic rings. The highest BCUT2D eigenvalue weighted by Gasteiger charge is 2.32. The average molecular weight is 504 g/mol. The largest absolute Gasteiger partial charge is 0.497 e.